The summed E-state index contributed by atoms with van der Waals surface area (Å²) in [5.41, 5.74) is 0. The van der Waals surface area contributed by atoms with Gasteiger partial charge in [0.1, 0.15) is 11.8 Å². The van der Waals surface area contributed by atoms with Crippen molar-refractivity contribution in [3.05, 3.63) is 30.3 Å². The van der Waals surface area contributed by atoms with E-state index in [1.807, 2.05) is 36.4 Å². The second kappa shape index (κ2) is 11.1. The number of carbonyl (C=O) groups is 2. The molecule has 1 aliphatic rings. The molecule has 0 aliphatic heterocycles. The summed E-state index contributed by atoms with van der Waals surface area (Å²) < 4.78 is 5.49. The zero-order chi connectivity index (χ0) is 18.8. The number of para-hydroxylation sites is 1. The minimum atomic E-state index is -0.485. The lowest BCUT2D eigenvalue weighted by Gasteiger charge is -2.34. The molecular weight excluding hydrogens is 348 g/mol. The van der Waals surface area contributed by atoms with Gasteiger partial charge in [-0.05, 0) is 43.4 Å². The molecule has 1 aromatic rings. The molecule has 1 aromatic carbocycles. The number of carbonyl (C=O) groups excluding carboxylic acids is 2. The van der Waals surface area contributed by atoms with Crippen molar-refractivity contribution in [3.63, 3.8) is 0 Å². The van der Waals surface area contributed by atoms with Crippen LogP contribution >= 0.6 is 11.8 Å². The summed E-state index contributed by atoms with van der Waals surface area (Å²) in [5.74, 6) is 1.23. The van der Waals surface area contributed by atoms with Crippen LogP contribution in [-0.2, 0) is 9.59 Å². The van der Waals surface area contributed by atoms with Crippen LogP contribution in [0.4, 0.5) is 0 Å². The van der Waals surface area contributed by atoms with Gasteiger partial charge in [-0.2, -0.15) is 11.8 Å². The SMILES string of the molecule is CSCCC(NC(=O)COc1ccccc1)C(=O)N(C)C1CCCCC1. The molecule has 5 nitrogen and oxygen atoms in total. The maximum absolute atomic E-state index is 12.9. The van der Waals surface area contributed by atoms with Crippen molar-refractivity contribution in [2.24, 2.45) is 0 Å². The highest BCUT2D eigenvalue weighted by molar-refractivity contribution is 7.98. The normalized spacial score (nSPS) is 15.9. The second-order valence-corrected chi connectivity index (χ2v) is 7.73. The first kappa shape index (κ1) is 20.6. The molecule has 2 rings (SSSR count). The minimum absolute atomic E-state index is 0.0130. The van der Waals surface area contributed by atoms with Gasteiger partial charge in [0.15, 0.2) is 6.61 Å². The number of rotatable bonds is 9. The number of benzene rings is 1. The summed E-state index contributed by atoms with van der Waals surface area (Å²) in [6, 6.07) is 9.03. The lowest BCUT2D eigenvalue weighted by molar-refractivity contribution is -0.138. The van der Waals surface area contributed by atoms with Crippen molar-refractivity contribution in [1.29, 1.82) is 0 Å². The van der Waals surface area contributed by atoms with Gasteiger partial charge in [0.2, 0.25) is 5.91 Å². The molecule has 0 heterocycles. The molecule has 0 spiro atoms. The van der Waals surface area contributed by atoms with E-state index < -0.39 is 6.04 Å². The third-order valence-corrected chi connectivity index (χ3v) is 5.47. The van der Waals surface area contributed by atoms with Crippen LogP contribution in [0.3, 0.4) is 0 Å². The Kier molecular flexibility index (Phi) is 8.81. The van der Waals surface area contributed by atoms with Crippen LogP contribution in [-0.4, -0.2) is 54.5 Å². The van der Waals surface area contributed by atoms with Gasteiger partial charge in [-0.1, -0.05) is 37.5 Å². The molecule has 144 valence electrons. The first-order valence-electron chi connectivity index (χ1n) is 9.34. The molecule has 6 heteroatoms. The fourth-order valence-corrected chi connectivity index (χ4v) is 3.76. The van der Waals surface area contributed by atoms with Crippen molar-refractivity contribution >= 4 is 23.6 Å². The highest BCUT2D eigenvalue weighted by Crippen LogP contribution is 2.22. The smallest absolute Gasteiger partial charge is 0.258 e. The summed E-state index contributed by atoms with van der Waals surface area (Å²) >= 11 is 1.68. The third-order valence-electron chi connectivity index (χ3n) is 4.83. The molecule has 1 fully saturated rings. The van der Waals surface area contributed by atoms with Crippen LogP contribution in [0.15, 0.2) is 30.3 Å². The number of amides is 2. The lowest BCUT2D eigenvalue weighted by atomic mass is 9.94. The highest BCUT2D eigenvalue weighted by Gasteiger charge is 2.28. The summed E-state index contributed by atoms with van der Waals surface area (Å²) in [4.78, 5) is 27.0. The number of thioether (sulfide) groups is 1. The summed E-state index contributed by atoms with van der Waals surface area (Å²) in [5, 5.41) is 2.87. The van der Waals surface area contributed by atoms with Crippen molar-refractivity contribution in [2.45, 2.75) is 50.6 Å². The van der Waals surface area contributed by atoms with E-state index >= 15 is 0 Å². The molecule has 1 aliphatic carbocycles. The van der Waals surface area contributed by atoms with Crippen LogP contribution in [0.5, 0.6) is 5.75 Å². The van der Waals surface area contributed by atoms with E-state index in [-0.39, 0.29) is 18.4 Å². The maximum atomic E-state index is 12.9. The Morgan fingerprint density at radius 2 is 1.92 bits per heavy atom. The van der Waals surface area contributed by atoms with Crippen molar-refractivity contribution in [3.8, 4) is 5.75 Å². The maximum Gasteiger partial charge on any atom is 0.258 e. The Morgan fingerprint density at radius 1 is 1.23 bits per heavy atom. The van der Waals surface area contributed by atoms with Crippen LogP contribution in [0, 0.1) is 0 Å². The van der Waals surface area contributed by atoms with Gasteiger partial charge in [0, 0.05) is 13.1 Å². The summed E-state index contributed by atoms with van der Waals surface area (Å²) in [7, 11) is 1.87. The largest absolute Gasteiger partial charge is 0.484 e. The zero-order valence-corrected chi connectivity index (χ0v) is 16.6. The first-order chi connectivity index (χ1) is 12.6. The number of nitrogens with one attached hydrogen (secondary N) is 1. The van der Waals surface area contributed by atoms with Crippen LogP contribution < -0.4 is 10.1 Å². The van der Waals surface area contributed by atoms with E-state index in [4.69, 9.17) is 4.74 Å². The van der Waals surface area contributed by atoms with Crippen LogP contribution in [0.2, 0.25) is 0 Å². The first-order valence-corrected chi connectivity index (χ1v) is 10.7. The molecule has 1 atom stereocenters. The van der Waals surface area contributed by atoms with E-state index in [0.717, 1.165) is 18.6 Å². The predicted octanol–water partition coefficient (Wildman–Crippen LogP) is 3.09. The van der Waals surface area contributed by atoms with Gasteiger partial charge in [-0.15, -0.1) is 0 Å². The number of likely N-dealkylation sites (N-methyl/N-ethyl adjacent to an activating group) is 1. The number of nitrogens with zero attached hydrogens (tertiary/aromatic N) is 1. The standard InChI is InChI=1S/C20H30N2O3S/c1-22(16-9-5-3-6-10-16)20(24)18(13-14-26-2)21-19(23)15-25-17-11-7-4-8-12-17/h4,7-8,11-12,16,18H,3,5-6,9-10,13-15H2,1-2H3,(H,21,23). The van der Waals surface area contributed by atoms with Crippen molar-refractivity contribution in [1.82, 2.24) is 10.2 Å². The van der Waals surface area contributed by atoms with Gasteiger partial charge in [-0.25, -0.2) is 0 Å². The molecule has 1 saturated carbocycles. The van der Waals surface area contributed by atoms with Crippen LogP contribution in [0.1, 0.15) is 38.5 Å². The molecule has 0 bridgehead atoms. The molecular formula is C20H30N2O3S. The molecule has 0 aromatic heterocycles. The van der Waals surface area contributed by atoms with Gasteiger partial charge in [0.25, 0.3) is 5.91 Å². The highest BCUT2D eigenvalue weighted by atomic mass is 32.2. The van der Waals surface area contributed by atoms with E-state index in [0.29, 0.717) is 18.2 Å². The molecule has 0 radical (unpaired) electrons. The van der Waals surface area contributed by atoms with E-state index in [1.165, 1.54) is 19.3 Å². The van der Waals surface area contributed by atoms with E-state index in [1.54, 1.807) is 23.9 Å². The van der Waals surface area contributed by atoms with E-state index in [2.05, 4.69) is 5.32 Å². The Balaban J connectivity index is 1.89. The fourth-order valence-electron chi connectivity index (χ4n) is 3.29. The predicted molar refractivity (Wildman–Crippen MR) is 107 cm³/mol. The quantitative estimate of drug-likeness (QED) is 0.717. The number of hydrogen-bond donors (Lipinski definition) is 1. The number of hydrogen-bond acceptors (Lipinski definition) is 4. The Hall–Kier alpha value is -1.69. The number of ether oxygens (including phenoxy) is 1. The average molecular weight is 379 g/mol. The molecule has 1 unspecified atom stereocenters. The topological polar surface area (TPSA) is 58.6 Å². The van der Waals surface area contributed by atoms with Gasteiger partial charge in [0.05, 0.1) is 0 Å². The van der Waals surface area contributed by atoms with Gasteiger partial charge >= 0.3 is 0 Å². The molecule has 1 N–H and O–H groups in total. The van der Waals surface area contributed by atoms with Crippen molar-refractivity contribution in [2.75, 3.05) is 25.7 Å². The summed E-state index contributed by atoms with van der Waals surface area (Å²) in [6.07, 6.45) is 8.36. The second-order valence-electron chi connectivity index (χ2n) is 6.74. The third kappa shape index (κ3) is 6.56. The monoisotopic (exact) mass is 378 g/mol. The summed E-state index contributed by atoms with van der Waals surface area (Å²) in [6.45, 7) is -0.0831. The Labute approximate surface area is 160 Å². The molecule has 0 saturated heterocycles. The van der Waals surface area contributed by atoms with Gasteiger partial charge < -0.3 is 15.0 Å². The zero-order valence-electron chi connectivity index (χ0n) is 15.8. The molecule has 2 amide bonds. The van der Waals surface area contributed by atoms with Gasteiger partial charge in [-0.3, -0.25) is 9.59 Å². The average Bonchev–Trinajstić information content (AvgIpc) is 2.70. The van der Waals surface area contributed by atoms with Crippen molar-refractivity contribution < 1.29 is 14.3 Å². The van der Waals surface area contributed by atoms with E-state index in [9.17, 15) is 9.59 Å². The molecule has 26 heavy (non-hydrogen) atoms. The Morgan fingerprint density at radius 3 is 2.58 bits per heavy atom. The fraction of sp³-hybridized carbons (Fsp3) is 0.600. The Bertz CT molecular complexity index is 561. The van der Waals surface area contributed by atoms with Crippen LogP contribution in [0.25, 0.3) is 0 Å². The minimum Gasteiger partial charge on any atom is -0.484 e. The lowest BCUT2D eigenvalue weighted by Crippen LogP contribution is -2.51.